The summed E-state index contributed by atoms with van der Waals surface area (Å²) in [6.07, 6.45) is 0.569. The van der Waals surface area contributed by atoms with Crippen LogP contribution in [0.2, 0.25) is 0 Å². The van der Waals surface area contributed by atoms with E-state index in [4.69, 9.17) is 5.11 Å². The Morgan fingerprint density at radius 1 is 1.00 bits per heavy atom. The van der Waals surface area contributed by atoms with Gasteiger partial charge in [-0.1, -0.05) is 48.5 Å². The van der Waals surface area contributed by atoms with E-state index in [1.807, 2.05) is 54.6 Å². The van der Waals surface area contributed by atoms with Crippen LogP contribution >= 0.6 is 0 Å². The molecule has 0 aliphatic heterocycles. The second-order valence-electron chi connectivity index (χ2n) is 4.24. The largest absolute Gasteiger partial charge is 0.396 e. The fourth-order valence-electron chi connectivity index (χ4n) is 1.93. The van der Waals surface area contributed by atoms with Gasteiger partial charge in [0.15, 0.2) is 0 Å². The minimum absolute atomic E-state index is 0.0839. The Balaban J connectivity index is 2.24. The van der Waals surface area contributed by atoms with Crippen LogP contribution in [0.15, 0.2) is 54.6 Å². The van der Waals surface area contributed by atoms with Crippen molar-refractivity contribution in [1.82, 2.24) is 5.32 Å². The summed E-state index contributed by atoms with van der Waals surface area (Å²) < 4.78 is 0. The van der Waals surface area contributed by atoms with Crippen LogP contribution in [0.1, 0.15) is 16.8 Å². The lowest BCUT2D eigenvalue weighted by atomic mass is 9.99. The molecule has 0 fully saturated rings. The summed E-state index contributed by atoms with van der Waals surface area (Å²) in [7, 11) is 0. The Bertz CT molecular complexity index is 537. The van der Waals surface area contributed by atoms with Gasteiger partial charge in [-0.05, 0) is 23.6 Å². The highest BCUT2D eigenvalue weighted by atomic mass is 16.3. The second kappa shape index (κ2) is 6.71. The van der Waals surface area contributed by atoms with Crippen LogP contribution in [0.25, 0.3) is 11.1 Å². The molecule has 2 rings (SSSR count). The van der Waals surface area contributed by atoms with Crippen molar-refractivity contribution < 1.29 is 9.90 Å². The number of amides is 1. The molecule has 98 valence electrons. The molecule has 19 heavy (non-hydrogen) atoms. The molecule has 0 aliphatic carbocycles. The smallest absolute Gasteiger partial charge is 0.251 e. The second-order valence-corrected chi connectivity index (χ2v) is 4.24. The average molecular weight is 255 g/mol. The summed E-state index contributed by atoms with van der Waals surface area (Å²) in [6.45, 7) is 0.569. The molecule has 0 spiro atoms. The number of nitrogens with one attached hydrogen (secondary N) is 1. The quantitative estimate of drug-likeness (QED) is 0.806. The number of aliphatic hydroxyl groups excluding tert-OH is 1. The summed E-state index contributed by atoms with van der Waals surface area (Å²) in [5.74, 6) is -0.104. The van der Waals surface area contributed by atoms with Crippen LogP contribution in [0.5, 0.6) is 0 Å². The molecule has 0 saturated carbocycles. The first kappa shape index (κ1) is 13.3. The zero-order chi connectivity index (χ0) is 13.5. The van der Waals surface area contributed by atoms with Crippen molar-refractivity contribution in [1.29, 1.82) is 0 Å². The molecule has 0 heterocycles. The lowest BCUT2D eigenvalue weighted by Gasteiger charge is -2.10. The van der Waals surface area contributed by atoms with Crippen LogP contribution in [0, 0.1) is 0 Å². The van der Waals surface area contributed by atoms with Gasteiger partial charge in [0, 0.05) is 18.7 Å². The molecule has 2 N–H and O–H groups in total. The molecule has 0 aromatic heterocycles. The van der Waals surface area contributed by atoms with E-state index in [1.165, 1.54) is 0 Å². The Labute approximate surface area is 112 Å². The number of rotatable bonds is 5. The van der Waals surface area contributed by atoms with E-state index in [0.717, 1.165) is 11.1 Å². The zero-order valence-electron chi connectivity index (χ0n) is 10.7. The van der Waals surface area contributed by atoms with Gasteiger partial charge in [0.25, 0.3) is 5.91 Å². The Morgan fingerprint density at radius 2 is 1.68 bits per heavy atom. The fraction of sp³-hybridized carbons (Fsp3) is 0.188. The van der Waals surface area contributed by atoms with E-state index in [2.05, 4.69) is 5.32 Å². The number of aliphatic hydroxyl groups is 1. The Hall–Kier alpha value is -2.13. The molecule has 0 saturated heterocycles. The molecular formula is C16H17NO2. The van der Waals surface area contributed by atoms with E-state index in [-0.39, 0.29) is 12.5 Å². The van der Waals surface area contributed by atoms with Crippen molar-refractivity contribution in [3.63, 3.8) is 0 Å². The van der Waals surface area contributed by atoms with Gasteiger partial charge < -0.3 is 10.4 Å². The molecule has 0 radical (unpaired) electrons. The predicted octanol–water partition coefficient (Wildman–Crippen LogP) is 2.47. The van der Waals surface area contributed by atoms with E-state index >= 15 is 0 Å². The SMILES string of the molecule is O=C(NCCCO)c1ccccc1-c1ccccc1. The number of carbonyl (C=O) groups excluding carboxylic acids is 1. The number of hydrogen-bond donors (Lipinski definition) is 2. The van der Waals surface area contributed by atoms with Gasteiger partial charge >= 0.3 is 0 Å². The molecule has 3 heteroatoms. The van der Waals surface area contributed by atoms with Gasteiger partial charge in [0.1, 0.15) is 0 Å². The summed E-state index contributed by atoms with van der Waals surface area (Å²) in [4.78, 5) is 12.1. The first-order valence-corrected chi connectivity index (χ1v) is 6.36. The number of benzene rings is 2. The van der Waals surface area contributed by atoms with E-state index in [1.54, 1.807) is 0 Å². The maximum absolute atomic E-state index is 12.1. The first-order valence-electron chi connectivity index (χ1n) is 6.36. The third kappa shape index (κ3) is 3.42. The van der Waals surface area contributed by atoms with E-state index in [9.17, 15) is 4.79 Å². The molecule has 2 aromatic rings. The van der Waals surface area contributed by atoms with Gasteiger partial charge in [0.2, 0.25) is 0 Å². The maximum Gasteiger partial charge on any atom is 0.251 e. The van der Waals surface area contributed by atoms with Crippen molar-refractivity contribution >= 4 is 5.91 Å². The Morgan fingerprint density at radius 3 is 2.42 bits per heavy atom. The maximum atomic E-state index is 12.1. The Kier molecular flexibility index (Phi) is 4.70. The van der Waals surface area contributed by atoms with E-state index < -0.39 is 0 Å². The molecule has 3 nitrogen and oxygen atoms in total. The molecule has 0 unspecified atom stereocenters. The molecule has 1 amide bonds. The van der Waals surface area contributed by atoms with Crippen LogP contribution in [-0.4, -0.2) is 24.2 Å². The lowest BCUT2D eigenvalue weighted by molar-refractivity contribution is 0.0952. The molecule has 2 aromatic carbocycles. The molecule has 0 atom stereocenters. The van der Waals surface area contributed by atoms with Crippen molar-refractivity contribution in [3.05, 3.63) is 60.2 Å². The van der Waals surface area contributed by atoms with Gasteiger partial charge in [-0.25, -0.2) is 0 Å². The summed E-state index contributed by atoms with van der Waals surface area (Å²) in [6, 6.07) is 17.4. The highest BCUT2D eigenvalue weighted by Crippen LogP contribution is 2.23. The third-order valence-electron chi connectivity index (χ3n) is 2.88. The summed E-state index contributed by atoms with van der Waals surface area (Å²) in [5, 5.41) is 11.5. The average Bonchev–Trinajstić information content (AvgIpc) is 2.48. The molecule has 0 aliphatic rings. The van der Waals surface area contributed by atoms with E-state index in [0.29, 0.717) is 18.5 Å². The lowest BCUT2D eigenvalue weighted by Crippen LogP contribution is -2.25. The van der Waals surface area contributed by atoms with Gasteiger partial charge in [-0.15, -0.1) is 0 Å². The van der Waals surface area contributed by atoms with Gasteiger partial charge in [-0.3, -0.25) is 4.79 Å². The summed E-state index contributed by atoms with van der Waals surface area (Å²) in [5.41, 5.74) is 2.60. The van der Waals surface area contributed by atoms with Crippen LogP contribution in [0.3, 0.4) is 0 Å². The minimum atomic E-state index is -0.104. The topological polar surface area (TPSA) is 49.3 Å². The zero-order valence-corrected chi connectivity index (χ0v) is 10.7. The highest BCUT2D eigenvalue weighted by molar-refractivity contribution is 6.00. The first-order chi connectivity index (χ1) is 9.33. The van der Waals surface area contributed by atoms with Crippen molar-refractivity contribution in [2.75, 3.05) is 13.2 Å². The van der Waals surface area contributed by atoms with Gasteiger partial charge in [-0.2, -0.15) is 0 Å². The monoisotopic (exact) mass is 255 g/mol. The summed E-state index contributed by atoms with van der Waals surface area (Å²) >= 11 is 0. The normalized spacial score (nSPS) is 10.2. The highest BCUT2D eigenvalue weighted by Gasteiger charge is 2.11. The number of carbonyl (C=O) groups is 1. The predicted molar refractivity (Wildman–Crippen MR) is 75.9 cm³/mol. The molecule has 0 bridgehead atoms. The fourth-order valence-corrected chi connectivity index (χ4v) is 1.93. The third-order valence-corrected chi connectivity index (χ3v) is 2.88. The van der Waals surface area contributed by atoms with Crippen molar-refractivity contribution in [2.24, 2.45) is 0 Å². The van der Waals surface area contributed by atoms with Crippen molar-refractivity contribution in [3.8, 4) is 11.1 Å². The number of hydrogen-bond acceptors (Lipinski definition) is 2. The van der Waals surface area contributed by atoms with Crippen LogP contribution in [-0.2, 0) is 0 Å². The molecular weight excluding hydrogens is 238 g/mol. The van der Waals surface area contributed by atoms with Crippen LogP contribution in [0.4, 0.5) is 0 Å². The van der Waals surface area contributed by atoms with Crippen LogP contribution < -0.4 is 5.32 Å². The van der Waals surface area contributed by atoms with Crippen molar-refractivity contribution in [2.45, 2.75) is 6.42 Å². The van der Waals surface area contributed by atoms with Gasteiger partial charge in [0.05, 0.1) is 0 Å². The standard InChI is InChI=1S/C16H17NO2/c18-12-6-11-17-16(19)15-10-5-4-9-14(15)13-7-2-1-3-8-13/h1-5,7-10,18H,6,11-12H2,(H,17,19). The minimum Gasteiger partial charge on any atom is -0.396 e.